The minimum absolute atomic E-state index is 0.0541. The van der Waals surface area contributed by atoms with Gasteiger partial charge in [-0.15, -0.1) is 0 Å². The summed E-state index contributed by atoms with van der Waals surface area (Å²) in [6.07, 6.45) is 1.49. The Bertz CT molecular complexity index is 1330. The molecule has 0 bridgehead atoms. The van der Waals surface area contributed by atoms with Crippen LogP contribution in [0.3, 0.4) is 0 Å². The maximum Gasteiger partial charge on any atom is 0.414 e. The molecule has 0 aromatic heterocycles. The molecule has 2 aromatic rings. The Hall–Kier alpha value is -3.30. The Labute approximate surface area is 259 Å². The number of ether oxygens (including phenoxy) is 2. The molecule has 2 aromatic carbocycles. The van der Waals surface area contributed by atoms with Gasteiger partial charge in [-0.1, -0.05) is 17.7 Å². The van der Waals surface area contributed by atoms with Crippen LogP contribution in [0.1, 0.15) is 47.7 Å². The van der Waals surface area contributed by atoms with Crippen molar-refractivity contribution in [3.63, 3.8) is 0 Å². The molecular weight excluding hydrogens is 568 g/mol. The summed E-state index contributed by atoms with van der Waals surface area (Å²) >= 11 is 6.43. The highest BCUT2D eigenvalue weighted by atomic mass is 35.5. The monoisotopic (exact) mass is 610 g/mol. The second-order valence-corrected chi connectivity index (χ2v) is 12.6. The molecule has 3 fully saturated rings. The molecule has 2 unspecified atom stereocenters. The van der Waals surface area contributed by atoms with Gasteiger partial charge in [0.1, 0.15) is 11.9 Å². The number of piperidine rings is 1. The number of nitrogens with zero attached hydrogens (tertiary/aromatic N) is 4. The molecule has 3 heterocycles. The van der Waals surface area contributed by atoms with Gasteiger partial charge in [0.15, 0.2) is 0 Å². The molecule has 0 spiro atoms. The summed E-state index contributed by atoms with van der Waals surface area (Å²) in [7, 11) is 1.63. The lowest BCUT2D eigenvalue weighted by molar-refractivity contribution is -0.130. The number of aryl methyl sites for hydroxylation is 2. The van der Waals surface area contributed by atoms with E-state index in [1.807, 2.05) is 55.1 Å². The molecule has 9 nitrogen and oxygen atoms in total. The predicted molar refractivity (Wildman–Crippen MR) is 167 cm³/mol. The highest BCUT2D eigenvalue weighted by Gasteiger charge is 2.41. The van der Waals surface area contributed by atoms with Crippen LogP contribution in [0, 0.1) is 25.7 Å². The quantitative estimate of drug-likeness (QED) is 0.418. The molecule has 3 aliphatic heterocycles. The van der Waals surface area contributed by atoms with Crippen LogP contribution >= 0.6 is 11.6 Å². The van der Waals surface area contributed by atoms with E-state index in [2.05, 4.69) is 4.90 Å². The SMILES string of the molecule is COc1ccc(C(=O)N2CC3CN(CCCN(C(=O)OC4CCN(C(C)=O)CC4)c4ccc(C)c(Cl)c4)CC3C2)c(C)c1. The summed E-state index contributed by atoms with van der Waals surface area (Å²) < 4.78 is 11.2. The molecule has 5 rings (SSSR count). The van der Waals surface area contributed by atoms with Crippen LogP contribution < -0.4 is 9.64 Å². The Morgan fingerprint density at radius 2 is 1.63 bits per heavy atom. The van der Waals surface area contributed by atoms with Gasteiger partial charge in [-0.2, -0.15) is 0 Å². The van der Waals surface area contributed by atoms with Crippen molar-refractivity contribution in [2.75, 3.05) is 64.4 Å². The lowest BCUT2D eigenvalue weighted by Gasteiger charge is -2.32. The van der Waals surface area contributed by atoms with Gasteiger partial charge in [-0.25, -0.2) is 4.79 Å². The third-order valence-electron chi connectivity index (χ3n) is 9.21. The van der Waals surface area contributed by atoms with E-state index in [4.69, 9.17) is 21.1 Å². The molecule has 0 aliphatic carbocycles. The van der Waals surface area contributed by atoms with Crippen molar-refractivity contribution in [3.05, 3.63) is 58.1 Å². The van der Waals surface area contributed by atoms with Crippen LogP contribution in [0.2, 0.25) is 5.02 Å². The van der Waals surface area contributed by atoms with E-state index < -0.39 is 0 Å². The zero-order valence-electron chi connectivity index (χ0n) is 25.7. The third-order valence-corrected chi connectivity index (χ3v) is 9.62. The molecule has 43 heavy (non-hydrogen) atoms. The van der Waals surface area contributed by atoms with E-state index in [0.29, 0.717) is 49.3 Å². The summed E-state index contributed by atoms with van der Waals surface area (Å²) in [4.78, 5) is 46.3. The molecule has 10 heteroatoms. The minimum atomic E-state index is -0.373. The van der Waals surface area contributed by atoms with Crippen LogP contribution in [0.25, 0.3) is 0 Å². The Morgan fingerprint density at radius 3 is 2.23 bits per heavy atom. The van der Waals surface area contributed by atoms with Gasteiger partial charge in [0.2, 0.25) is 5.91 Å². The Balaban J connectivity index is 1.14. The summed E-state index contributed by atoms with van der Waals surface area (Å²) in [6, 6.07) is 11.3. The first-order chi connectivity index (χ1) is 20.6. The maximum absolute atomic E-state index is 13.4. The van der Waals surface area contributed by atoms with Crippen LogP contribution in [0.15, 0.2) is 36.4 Å². The normalized spacial score (nSPS) is 20.7. The molecule has 0 N–H and O–H groups in total. The highest BCUT2D eigenvalue weighted by Crippen LogP contribution is 2.33. The van der Waals surface area contributed by atoms with Crippen LogP contribution in [0.4, 0.5) is 10.5 Å². The average molecular weight is 611 g/mol. The largest absolute Gasteiger partial charge is 0.497 e. The van der Waals surface area contributed by atoms with Gasteiger partial charge >= 0.3 is 6.09 Å². The fraction of sp³-hybridized carbons (Fsp3) is 0.545. The number of methoxy groups -OCH3 is 1. The molecule has 0 saturated carbocycles. The average Bonchev–Trinajstić information content (AvgIpc) is 3.56. The number of likely N-dealkylation sites (tertiary alicyclic amines) is 3. The van der Waals surface area contributed by atoms with Crippen molar-refractivity contribution in [2.24, 2.45) is 11.8 Å². The summed E-state index contributed by atoms with van der Waals surface area (Å²) in [6.45, 7) is 11.5. The van der Waals surface area contributed by atoms with Crippen LogP contribution in [0.5, 0.6) is 5.75 Å². The molecule has 232 valence electrons. The molecular formula is C33H43ClN4O5. The number of anilines is 1. The van der Waals surface area contributed by atoms with Crippen molar-refractivity contribution >= 4 is 35.2 Å². The van der Waals surface area contributed by atoms with Gasteiger partial charge in [-0.05, 0) is 80.1 Å². The number of benzene rings is 2. The van der Waals surface area contributed by atoms with E-state index in [0.717, 1.165) is 67.3 Å². The second-order valence-electron chi connectivity index (χ2n) is 12.2. The minimum Gasteiger partial charge on any atom is -0.497 e. The van der Waals surface area contributed by atoms with E-state index in [1.54, 1.807) is 23.8 Å². The summed E-state index contributed by atoms with van der Waals surface area (Å²) in [5.41, 5.74) is 3.35. The number of carbonyl (C=O) groups excluding carboxylic acids is 3. The zero-order valence-corrected chi connectivity index (χ0v) is 26.4. The fourth-order valence-corrected chi connectivity index (χ4v) is 6.81. The predicted octanol–water partition coefficient (Wildman–Crippen LogP) is 5.01. The fourth-order valence-electron chi connectivity index (χ4n) is 6.63. The first-order valence-corrected chi connectivity index (χ1v) is 15.7. The standard InChI is InChI=1S/C33H43ClN4O5/c1-22-6-7-27(17-31(22)34)38(33(41)43-28-10-14-36(15-11-28)24(3)39)13-5-12-35-18-25-20-37(21-26(25)19-35)32(40)30-9-8-29(42-4)16-23(30)2/h6-9,16-17,25-26,28H,5,10-15,18-21H2,1-4H3. The number of halogens is 1. The summed E-state index contributed by atoms with van der Waals surface area (Å²) in [5.74, 6) is 1.83. The maximum atomic E-state index is 13.4. The number of hydrogen-bond donors (Lipinski definition) is 0. The van der Waals surface area contributed by atoms with Crippen molar-refractivity contribution in [2.45, 2.75) is 46.1 Å². The van der Waals surface area contributed by atoms with Crippen molar-refractivity contribution in [3.8, 4) is 5.75 Å². The van der Waals surface area contributed by atoms with Gasteiger partial charge in [0, 0.05) is 81.9 Å². The Morgan fingerprint density at radius 1 is 0.930 bits per heavy atom. The van der Waals surface area contributed by atoms with Crippen molar-refractivity contribution in [1.82, 2.24) is 14.7 Å². The van der Waals surface area contributed by atoms with Gasteiger partial charge in [0.25, 0.3) is 5.91 Å². The smallest absolute Gasteiger partial charge is 0.414 e. The number of rotatable bonds is 8. The van der Waals surface area contributed by atoms with E-state index in [-0.39, 0.29) is 24.0 Å². The first kappa shape index (κ1) is 31.1. The van der Waals surface area contributed by atoms with E-state index >= 15 is 0 Å². The van der Waals surface area contributed by atoms with Gasteiger partial charge < -0.3 is 24.2 Å². The van der Waals surface area contributed by atoms with Crippen molar-refractivity contribution in [1.29, 1.82) is 0 Å². The molecule has 0 radical (unpaired) electrons. The molecule has 2 atom stereocenters. The number of amides is 3. The number of fused-ring (bicyclic) bond motifs is 1. The molecule has 3 saturated heterocycles. The lowest BCUT2D eigenvalue weighted by Crippen LogP contribution is -2.43. The first-order valence-electron chi connectivity index (χ1n) is 15.3. The van der Waals surface area contributed by atoms with Crippen LogP contribution in [-0.2, 0) is 9.53 Å². The van der Waals surface area contributed by atoms with Crippen molar-refractivity contribution < 1.29 is 23.9 Å². The Kier molecular flexibility index (Phi) is 9.82. The number of hydrogen-bond acceptors (Lipinski definition) is 6. The van der Waals surface area contributed by atoms with E-state index in [9.17, 15) is 14.4 Å². The van der Waals surface area contributed by atoms with Crippen LogP contribution in [-0.4, -0.2) is 98.2 Å². The third kappa shape index (κ3) is 7.27. The topological polar surface area (TPSA) is 82.6 Å². The second kappa shape index (κ2) is 13.6. The zero-order chi connectivity index (χ0) is 30.7. The molecule has 3 aliphatic rings. The highest BCUT2D eigenvalue weighted by molar-refractivity contribution is 6.31. The van der Waals surface area contributed by atoms with E-state index in [1.165, 1.54) is 0 Å². The van der Waals surface area contributed by atoms with Gasteiger partial charge in [-0.3, -0.25) is 14.5 Å². The molecule has 3 amide bonds. The van der Waals surface area contributed by atoms with Gasteiger partial charge in [0.05, 0.1) is 7.11 Å². The lowest BCUT2D eigenvalue weighted by atomic mass is 10.0. The summed E-state index contributed by atoms with van der Waals surface area (Å²) in [5, 5.41) is 0.612. The number of carbonyl (C=O) groups is 3.